The molecule has 84 valence electrons. The molecule has 0 bridgehead atoms. The van der Waals surface area contributed by atoms with E-state index in [9.17, 15) is 13.2 Å². The smallest absolute Gasteiger partial charge is 0.418 e. The van der Waals surface area contributed by atoms with Gasteiger partial charge in [0.25, 0.3) is 0 Å². The minimum Gasteiger partial charge on any atom is -0.506 e. The zero-order chi connectivity index (χ0) is 11.6. The lowest BCUT2D eigenvalue weighted by molar-refractivity contribution is -0.137. The van der Waals surface area contributed by atoms with E-state index in [-0.39, 0.29) is 5.56 Å². The highest BCUT2D eigenvalue weighted by molar-refractivity contribution is 5.61. The Morgan fingerprint density at radius 3 is 2.40 bits per heavy atom. The summed E-state index contributed by atoms with van der Waals surface area (Å²) in [6.07, 6.45) is -3.64. The quantitative estimate of drug-likeness (QED) is 0.593. The Bertz CT molecular complexity index is 360. The number of halogens is 3. The molecule has 5 heteroatoms. The Morgan fingerprint density at radius 1 is 1.33 bits per heavy atom. The number of hydrogen-bond donors (Lipinski definition) is 2. The SMILES string of the molecule is CCCc1ccc(O)c(N)c1C(F)(F)F. The van der Waals surface area contributed by atoms with Crippen LogP contribution in [0.2, 0.25) is 0 Å². The summed E-state index contributed by atoms with van der Waals surface area (Å²) in [7, 11) is 0. The second kappa shape index (κ2) is 4.00. The molecule has 0 fully saturated rings. The lowest BCUT2D eigenvalue weighted by atomic mass is 10.0. The second-order valence-corrected chi connectivity index (χ2v) is 3.28. The summed E-state index contributed by atoms with van der Waals surface area (Å²) in [6, 6.07) is 2.45. The number of hydrogen-bond acceptors (Lipinski definition) is 2. The van der Waals surface area contributed by atoms with E-state index >= 15 is 0 Å². The largest absolute Gasteiger partial charge is 0.506 e. The number of phenolic OH excluding ortho intramolecular Hbond substituents is 1. The maximum atomic E-state index is 12.6. The summed E-state index contributed by atoms with van der Waals surface area (Å²) in [5.74, 6) is -0.526. The lowest BCUT2D eigenvalue weighted by Gasteiger charge is -2.15. The highest BCUT2D eigenvalue weighted by Crippen LogP contribution is 2.40. The average Bonchev–Trinajstić information content (AvgIpc) is 2.10. The van der Waals surface area contributed by atoms with Crippen molar-refractivity contribution in [1.82, 2.24) is 0 Å². The van der Waals surface area contributed by atoms with Gasteiger partial charge in [0.2, 0.25) is 0 Å². The summed E-state index contributed by atoms with van der Waals surface area (Å²) in [6.45, 7) is 1.78. The summed E-state index contributed by atoms with van der Waals surface area (Å²) >= 11 is 0. The Balaban J connectivity index is 3.35. The van der Waals surface area contributed by atoms with Crippen molar-refractivity contribution in [2.45, 2.75) is 25.9 Å². The molecule has 3 N–H and O–H groups in total. The summed E-state index contributed by atoms with van der Waals surface area (Å²) < 4.78 is 37.9. The van der Waals surface area contributed by atoms with E-state index in [4.69, 9.17) is 10.8 Å². The van der Waals surface area contributed by atoms with Crippen molar-refractivity contribution < 1.29 is 18.3 Å². The van der Waals surface area contributed by atoms with Crippen molar-refractivity contribution in [1.29, 1.82) is 0 Å². The second-order valence-electron chi connectivity index (χ2n) is 3.28. The fraction of sp³-hybridized carbons (Fsp3) is 0.400. The van der Waals surface area contributed by atoms with Crippen LogP contribution in [-0.2, 0) is 12.6 Å². The van der Waals surface area contributed by atoms with Crippen LogP contribution in [0, 0.1) is 0 Å². The van der Waals surface area contributed by atoms with E-state index in [1.807, 2.05) is 0 Å². The fourth-order valence-corrected chi connectivity index (χ4v) is 1.47. The normalized spacial score (nSPS) is 11.7. The van der Waals surface area contributed by atoms with Crippen molar-refractivity contribution in [2.75, 3.05) is 5.73 Å². The molecule has 0 aromatic heterocycles. The van der Waals surface area contributed by atoms with Crippen LogP contribution in [0.15, 0.2) is 12.1 Å². The molecule has 0 saturated carbocycles. The van der Waals surface area contributed by atoms with Crippen LogP contribution in [0.4, 0.5) is 18.9 Å². The molecular weight excluding hydrogens is 207 g/mol. The molecule has 0 aliphatic rings. The van der Waals surface area contributed by atoms with Gasteiger partial charge in [-0.2, -0.15) is 13.2 Å². The number of aromatic hydroxyl groups is 1. The van der Waals surface area contributed by atoms with Crippen molar-refractivity contribution in [3.05, 3.63) is 23.3 Å². The van der Waals surface area contributed by atoms with Crippen LogP contribution in [0.3, 0.4) is 0 Å². The van der Waals surface area contributed by atoms with E-state index in [1.54, 1.807) is 6.92 Å². The summed E-state index contributed by atoms with van der Waals surface area (Å²) in [4.78, 5) is 0. The van der Waals surface area contributed by atoms with E-state index < -0.39 is 23.2 Å². The third kappa shape index (κ3) is 2.34. The minimum atomic E-state index is -4.52. The highest BCUT2D eigenvalue weighted by Gasteiger charge is 2.36. The zero-order valence-electron chi connectivity index (χ0n) is 8.23. The first-order chi connectivity index (χ1) is 6.88. The lowest BCUT2D eigenvalue weighted by Crippen LogP contribution is -2.12. The minimum absolute atomic E-state index is 0.125. The third-order valence-electron chi connectivity index (χ3n) is 2.11. The number of benzene rings is 1. The Morgan fingerprint density at radius 2 is 1.93 bits per heavy atom. The van der Waals surface area contributed by atoms with E-state index in [2.05, 4.69) is 0 Å². The van der Waals surface area contributed by atoms with Gasteiger partial charge >= 0.3 is 6.18 Å². The van der Waals surface area contributed by atoms with Gasteiger partial charge in [0, 0.05) is 0 Å². The average molecular weight is 219 g/mol. The molecule has 0 aliphatic heterocycles. The molecule has 0 amide bonds. The number of alkyl halides is 3. The van der Waals surface area contributed by atoms with Gasteiger partial charge < -0.3 is 10.8 Å². The van der Waals surface area contributed by atoms with E-state index in [0.29, 0.717) is 12.8 Å². The Hall–Kier alpha value is -1.39. The monoisotopic (exact) mass is 219 g/mol. The van der Waals surface area contributed by atoms with Gasteiger partial charge in [0.1, 0.15) is 5.75 Å². The summed E-state index contributed by atoms with van der Waals surface area (Å²) in [5, 5.41) is 9.13. The number of nitrogens with two attached hydrogens (primary N) is 1. The van der Waals surface area contributed by atoms with Gasteiger partial charge in [-0.3, -0.25) is 0 Å². The molecule has 1 aromatic carbocycles. The zero-order valence-corrected chi connectivity index (χ0v) is 8.23. The van der Waals surface area contributed by atoms with Crippen LogP contribution < -0.4 is 5.73 Å². The van der Waals surface area contributed by atoms with Crippen LogP contribution >= 0.6 is 0 Å². The maximum Gasteiger partial charge on any atom is 0.418 e. The van der Waals surface area contributed by atoms with Gasteiger partial charge in [-0.15, -0.1) is 0 Å². The number of nitrogen functional groups attached to an aromatic ring is 1. The van der Waals surface area contributed by atoms with Crippen LogP contribution in [0.25, 0.3) is 0 Å². The predicted octanol–water partition coefficient (Wildman–Crippen LogP) is 2.95. The van der Waals surface area contributed by atoms with Crippen molar-refractivity contribution in [3.63, 3.8) is 0 Å². The van der Waals surface area contributed by atoms with E-state index in [1.165, 1.54) is 12.1 Å². The van der Waals surface area contributed by atoms with Crippen molar-refractivity contribution in [2.24, 2.45) is 0 Å². The van der Waals surface area contributed by atoms with E-state index in [0.717, 1.165) is 0 Å². The van der Waals surface area contributed by atoms with Gasteiger partial charge in [0.05, 0.1) is 11.3 Å². The first-order valence-corrected chi connectivity index (χ1v) is 4.55. The van der Waals surface area contributed by atoms with Crippen molar-refractivity contribution in [3.8, 4) is 5.75 Å². The molecule has 0 radical (unpaired) electrons. The number of anilines is 1. The molecule has 15 heavy (non-hydrogen) atoms. The molecular formula is C10H12F3NO. The molecule has 0 atom stereocenters. The number of rotatable bonds is 2. The topological polar surface area (TPSA) is 46.2 Å². The first-order valence-electron chi connectivity index (χ1n) is 4.55. The molecule has 0 saturated heterocycles. The molecule has 0 spiro atoms. The van der Waals surface area contributed by atoms with Gasteiger partial charge in [0.15, 0.2) is 0 Å². The predicted molar refractivity (Wildman–Crippen MR) is 51.5 cm³/mol. The fourth-order valence-electron chi connectivity index (χ4n) is 1.47. The molecule has 0 aliphatic carbocycles. The highest BCUT2D eigenvalue weighted by atomic mass is 19.4. The van der Waals surface area contributed by atoms with Gasteiger partial charge in [-0.1, -0.05) is 19.4 Å². The molecule has 1 aromatic rings. The first kappa shape index (κ1) is 11.7. The van der Waals surface area contributed by atoms with Crippen molar-refractivity contribution >= 4 is 5.69 Å². The van der Waals surface area contributed by atoms with Crippen LogP contribution in [0.1, 0.15) is 24.5 Å². The Labute approximate surface area is 85.5 Å². The maximum absolute atomic E-state index is 12.6. The van der Waals surface area contributed by atoms with Gasteiger partial charge in [-0.25, -0.2) is 0 Å². The van der Waals surface area contributed by atoms with Crippen LogP contribution in [-0.4, -0.2) is 5.11 Å². The molecule has 1 rings (SSSR count). The van der Waals surface area contributed by atoms with Crippen LogP contribution in [0.5, 0.6) is 5.75 Å². The number of aryl methyl sites for hydroxylation is 1. The molecule has 2 nitrogen and oxygen atoms in total. The molecule has 0 heterocycles. The standard InChI is InChI=1S/C10H12F3NO/c1-2-3-6-4-5-7(15)9(14)8(6)10(11,12)13/h4-5,15H,2-3,14H2,1H3. The Kier molecular flexibility index (Phi) is 3.12. The van der Waals surface area contributed by atoms with Gasteiger partial charge in [-0.05, 0) is 18.1 Å². The number of phenols is 1. The summed E-state index contributed by atoms with van der Waals surface area (Å²) in [5.41, 5.74) is 3.85. The third-order valence-corrected chi connectivity index (χ3v) is 2.11. The molecule has 0 unspecified atom stereocenters.